The van der Waals surface area contributed by atoms with Crippen molar-refractivity contribution in [2.45, 2.75) is 13.5 Å². The van der Waals surface area contributed by atoms with E-state index in [0.29, 0.717) is 6.54 Å². The zero-order valence-corrected chi connectivity index (χ0v) is 10.2. The van der Waals surface area contributed by atoms with Crippen molar-refractivity contribution in [1.82, 2.24) is 5.48 Å². The van der Waals surface area contributed by atoms with Gasteiger partial charge in [-0.05, 0) is 23.3 Å². The minimum Gasteiger partial charge on any atom is -0.367 e. The number of fused-ring (bicyclic) bond motifs is 1. The number of hydroxylamine groups is 1. The lowest BCUT2D eigenvalue weighted by molar-refractivity contribution is -0.145. The molecular formula is C15H15NO2. The topological polar surface area (TPSA) is 38.3 Å². The molecule has 0 aliphatic rings. The summed E-state index contributed by atoms with van der Waals surface area (Å²) in [5, 5.41) is 2.34. The summed E-state index contributed by atoms with van der Waals surface area (Å²) in [6.07, 6.45) is 3.01. The Balaban J connectivity index is 2.06. The summed E-state index contributed by atoms with van der Waals surface area (Å²) in [6.45, 7) is 2.26. The number of nitrogens with one attached hydrogen (secondary N) is 1. The molecule has 3 heteroatoms. The summed E-state index contributed by atoms with van der Waals surface area (Å²) >= 11 is 0. The van der Waals surface area contributed by atoms with Gasteiger partial charge in [0, 0.05) is 6.08 Å². The number of benzene rings is 2. The number of carbonyl (C=O) groups excluding carboxylic acids is 1. The van der Waals surface area contributed by atoms with Crippen LogP contribution in [0.1, 0.15) is 12.5 Å². The van der Waals surface area contributed by atoms with E-state index >= 15 is 0 Å². The van der Waals surface area contributed by atoms with Gasteiger partial charge in [-0.3, -0.25) is 0 Å². The Kier molecular flexibility index (Phi) is 4.10. The van der Waals surface area contributed by atoms with Crippen molar-refractivity contribution < 1.29 is 9.63 Å². The van der Waals surface area contributed by atoms with Crippen LogP contribution in [0.4, 0.5) is 0 Å². The number of carbonyl (C=O) groups is 1. The van der Waals surface area contributed by atoms with Crippen molar-refractivity contribution in [3.8, 4) is 0 Å². The number of allylic oxidation sites excluding steroid dienone is 1. The molecule has 2 rings (SSSR count). The molecule has 2 aromatic rings. The van der Waals surface area contributed by atoms with Gasteiger partial charge in [0.25, 0.3) is 0 Å². The van der Waals surface area contributed by atoms with Gasteiger partial charge in [-0.2, -0.15) is 0 Å². The van der Waals surface area contributed by atoms with E-state index in [2.05, 4.69) is 23.7 Å². The fourth-order valence-corrected chi connectivity index (χ4v) is 1.80. The first-order chi connectivity index (χ1) is 8.81. The van der Waals surface area contributed by atoms with Gasteiger partial charge >= 0.3 is 5.97 Å². The van der Waals surface area contributed by atoms with Crippen molar-refractivity contribution in [2.24, 2.45) is 0 Å². The first-order valence-electron chi connectivity index (χ1n) is 5.84. The Hall–Kier alpha value is -2.13. The summed E-state index contributed by atoms with van der Waals surface area (Å²) in [4.78, 5) is 16.0. The van der Waals surface area contributed by atoms with Crippen LogP contribution >= 0.6 is 0 Å². The third-order valence-electron chi connectivity index (χ3n) is 2.62. The van der Waals surface area contributed by atoms with Crippen LogP contribution in [0, 0.1) is 0 Å². The highest BCUT2D eigenvalue weighted by Gasteiger charge is 2.01. The lowest BCUT2D eigenvalue weighted by Gasteiger charge is -2.07. The minimum absolute atomic E-state index is 0.391. The summed E-state index contributed by atoms with van der Waals surface area (Å²) in [5.74, 6) is -0.391. The molecule has 0 saturated carbocycles. The van der Waals surface area contributed by atoms with E-state index in [1.165, 1.54) is 11.5 Å². The lowest BCUT2D eigenvalue weighted by atomic mass is 10.1. The third-order valence-corrected chi connectivity index (χ3v) is 2.62. The van der Waals surface area contributed by atoms with E-state index in [1.807, 2.05) is 24.3 Å². The summed E-state index contributed by atoms with van der Waals surface area (Å²) < 4.78 is 0. The average Bonchev–Trinajstić information content (AvgIpc) is 2.39. The molecule has 0 unspecified atom stereocenters. The summed E-state index contributed by atoms with van der Waals surface area (Å²) in [7, 11) is 0. The molecule has 0 bridgehead atoms. The van der Waals surface area contributed by atoms with Gasteiger partial charge in [-0.1, -0.05) is 48.5 Å². The van der Waals surface area contributed by atoms with Crippen LogP contribution in [0.2, 0.25) is 0 Å². The van der Waals surface area contributed by atoms with E-state index in [9.17, 15) is 4.79 Å². The third kappa shape index (κ3) is 2.96. The SMILES string of the molecule is C/C=C/C(=O)ONCc1cccc2ccccc12. The fourth-order valence-electron chi connectivity index (χ4n) is 1.80. The van der Waals surface area contributed by atoms with Crippen LogP contribution in [-0.4, -0.2) is 5.97 Å². The largest absolute Gasteiger partial charge is 0.367 e. The second-order valence-corrected chi connectivity index (χ2v) is 3.88. The maximum Gasteiger partial charge on any atom is 0.349 e. The van der Waals surface area contributed by atoms with Crippen LogP contribution in [0.3, 0.4) is 0 Å². The van der Waals surface area contributed by atoms with Gasteiger partial charge in [0.15, 0.2) is 0 Å². The van der Waals surface area contributed by atoms with Crippen LogP contribution < -0.4 is 5.48 Å². The maximum atomic E-state index is 11.1. The molecule has 18 heavy (non-hydrogen) atoms. The predicted molar refractivity (Wildman–Crippen MR) is 71.7 cm³/mol. The highest BCUT2D eigenvalue weighted by molar-refractivity contribution is 5.85. The molecule has 0 aliphatic carbocycles. The van der Waals surface area contributed by atoms with Gasteiger partial charge < -0.3 is 4.84 Å². The van der Waals surface area contributed by atoms with E-state index in [1.54, 1.807) is 13.0 Å². The quantitative estimate of drug-likeness (QED) is 0.660. The number of hydrogen-bond acceptors (Lipinski definition) is 3. The second-order valence-electron chi connectivity index (χ2n) is 3.88. The molecule has 0 heterocycles. The fraction of sp³-hybridized carbons (Fsp3) is 0.133. The standard InChI is InChI=1S/C15H15NO2/c1-2-6-15(17)18-16-11-13-9-5-8-12-7-3-4-10-14(12)13/h2-10,16H,11H2,1H3/b6-2+. The van der Waals surface area contributed by atoms with Crippen LogP contribution in [0.25, 0.3) is 10.8 Å². The van der Waals surface area contributed by atoms with Crippen molar-refractivity contribution >= 4 is 16.7 Å². The molecule has 2 aromatic carbocycles. The molecule has 92 valence electrons. The number of hydrogen-bond donors (Lipinski definition) is 1. The smallest absolute Gasteiger partial charge is 0.349 e. The highest BCUT2D eigenvalue weighted by atomic mass is 16.7. The zero-order valence-electron chi connectivity index (χ0n) is 10.2. The van der Waals surface area contributed by atoms with Crippen molar-refractivity contribution in [2.75, 3.05) is 0 Å². The molecule has 0 amide bonds. The van der Waals surface area contributed by atoms with E-state index in [-0.39, 0.29) is 0 Å². The Labute approximate surface area is 106 Å². The molecule has 0 aromatic heterocycles. The Morgan fingerprint density at radius 2 is 2.00 bits per heavy atom. The number of rotatable bonds is 4. The second kappa shape index (κ2) is 5.98. The molecule has 0 radical (unpaired) electrons. The van der Waals surface area contributed by atoms with E-state index in [0.717, 1.165) is 10.9 Å². The Morgan fingerprint density at radius 3 is 2.83 bits per heavy atom. The Morgan fingerprint density at radius 1 is 1.22 bits per heavy atom. The van der Waals surface area contributed by atoms with Crippen LogP contribution in [0.5, 0.6) is 0 Å². The maximum absolute atomic E-state index is 11.1. The molecule has 0 saturated heterocycles. The first-order valence-corrected chi connectivity index (χ1v) is 5.84. The molecule has 3 nitrogen and oxygen atoms in total. The average molecular weight is 241 g/mol. The van der Waals surface area contributed by atoms with Crippen molar-refractivity contribution in [1.29, 1.82) is 0 Å². The zero-order chi connectivity index (χ0) is 12.8. The van der Waals surface area contributed by atoms with Gasteiger partial charge in [-0.25, -0.2) is 4.79 Å². The van der Waals surface area contributed by atoms with Gasteiger partial charge in [0.05, 0.1) is 6.54 Å². The first kappa shape index (κ1) is 12.3. The van der Waals surface area contributed by atoms with E-state index < -0.39 is 5.97 Å². The molecule has 0 atom stereocenters. The normalized spacial score (nSPS) is 10.9. The lowest BCUT2D eigenvalue weighted by Crippen LogP contribution is -2.18. The monoisotopic (exact) mass is 241 g/mol. The van der Waals surface area contributed by atoms with Crippen molar-refractivity contribution in [3.05, 3.63) is 60.2 Å². The van der Waals surface area contributed by atoms with Gasteiger partial charge in [0.1, 0.15) is 0 Å². The molecule has 0 fully saturated rings. The molecular weight excluding hydrogens is 226 g/mol. The molecule has 0 spiro atoms. The minimum atomic E-state index is -0.391. The predicted octanol–water partition coefficient (Wildman–Crippen LogP) is 2.96. The van der Waals surface area contributed by atoms with Crippen LogP contribution in [0.15, 0.2) is 54.6 Å². The highest BCUT2D eigenvalue weighted by Crippen LogP contribution is 2.18. The molecule has 0 aliphatic heterocycles. The summed E-state index contributed by atoms with van der Waals surface area (Å²) in [5.41, 5.74) is 3.78. The van der Waals surface area contributed by atoms with Crippen LogP contribution in [-0.2, 0) is 16.2 Å². The molecule has 1 N–H and O–H groups in total. The van der Waals surface area contributed by atoms with Gasteiger partial charge in [0.2, 0.25) is 0 Å². The van der Waals surface area contributed by atoms with E-state index in [4.69, 9.17) is 4.84 Å². The Bertz CT molecular complexity index is 570. The van der Waals surface area contributed by atoms with Gasteiger partial charge in [-0.15, -0.1) is 5.48 Å². The summed E-state index contributed by atoms with van der Waals surface area (Å²) in [6, 6.07) is 14.2. The van der Waals surface area contributed by atoms with Crippen molar-refractivity contribution in [3.63, 3.8) is 0 Å².